The Balaban J connectivity index is 1.74. The average molecular weight is 384 g/mol. The molecule has 0 saturated carbocycles. The molecule has 0 atom stereocenters. The molecule has 6 heteroatoms. The van der Waals surface area contributed by atoms with Crippen LogP contribution < -0.4 is 10.1 Å². The van der Waals surface area contributed by atoms with E-state index in [1.807, 2.05) is 42.9 Å². The van der Waals surface area contributed by atoms with Crippen LogP contribution in [0.4, 0.5) is 5.69 Å². The number of nitrogens with zero attached hydrogens (tertiary/aromatic N) is 2. The van der Waals surface area contributed by atoms with Gasteiger partial charge >= 0.3 is 0 Å². The number of carbonyl (C=O) groups excluding carboxylic acids is 1. The standard InChI is InChI=1S/C21H22ClN3O2/c1-13-18(14(2)25(3)24-13)11-15-5-8-17(9-6-15)23-21(26)19-12-16(22)7-10-20(19)27-4/h5-10,12H,11H2,1-4H3,(H,23,26). The highest BCUT2D eigenvalue weighted by atomic mass is 35.5. The van der Waals surface area contributed by atoms with Gasteiger partial charge in [0.05, 0.1) is 18.4 Å². The number of rotatable bonds is 5. The van der Waals surface area contributed by atoms with Crippen molar-refractivity contribution in [2.24, 2.45) is 7.05 Å². The van der Waals surface area contributed by atoms with E-state index in [0.717, 1.165) is 23.4 Å². The van der Waals surface area contributed by atoms with Crippen molar-refractivity contribution in [2.75, 3.05) is 12.4 Å². The molecule has 0 spiro atoms. The molecular weight excluding hydrogens is 362 g/mol. The second kappa shape index (κ2) is 7.84. The van der Waals surface area contributed by atoms with Crippen molar-refractivity contribution in [2.45, 2.75) is 20.3 Å². The smallest absolute Gasteiger partial charge is 0.259 e. The minimum absolute atomic E-state index is 0.263. The second-order valence-electron chi connectivity index (χ2n) is 6.45. The summed E-state index contributed by atoms with van der Waals surface area (Å²) >= 11 is 6.00. The SMILES string of the molecule is COc1ccc(Cl)cc1C(=O)Nc1ccc(Cc2c(C)nn(C)c2C)cc1. The molecule has 0 fully saturated rings. The lowest BCUT2D eigenvalue weighted by molar-refractivity contribution is 0.102. The molecule has 2 aromatic carbocycles. The highest BCUT2D eigenvalue weighted by Gasteiger charge is 2.14. The minimum Gasteiger partial charge on any atom is -0.496 e. The third-order valence-corrected chi connectivity index (χ3v) is 4.89. The fourth-order valence-corrected chi connectivity index (χ4v) is 3.21. The van der Waals surface area contributed by atoms with Gasteiger partial charge in [0, 0.05) is 35.4 Å². The molecule has 1 aromatic heterocycles. The Morgan fingerprint density at radius 2 is 1.89 bits per heavy atom. The lowest BCUT2D eigenvalue weighted by Crippen LogP contribution is -2.13. The fraction of sp³-hybridized carbons (Fsp3) is 0.238. The van der Waals surface area contributed by atoms with Gasteiger partial charge < -0.3 is 10.1 Å². The lowest BCUT2D eigenvalue weighted by atomic mass is 10.0. The second-order valence-corrected chi connectivity index (χ2v) is 6.88. The Bertz CT molecular complexity index is 978. The van der Waals surface area contributed by atoms with Gasteiger partial charge in [-0.15, -0.1) is 0 Å². The highest BCUT2D eigenvalue weighted by molar-refractivity contribution is 6.31. The third kappa shape index (κ3) is 4.14. The number of carbonyl (C=O) groups is 1. The van der Waals surface area contributed by atoms with Crippen LogP contribution in [0.5, 0.6) is 5.75 Å². The first-order valence-corrected chi connectivity index (χ1v) is 8.99. The van der Waals surface area contributed by atoms with Gasteiger partial charge in [-0.2, -0.15) is 5.10 Å². The van der Waals surface area contributed by atoms with Gasteiger partial charge in [-0.05, 0) is 49.7 Å². The monoisotopic (exact) mass is 383 g/mol. The highest BCUT2D eigenvalue weighted by Crippen LogP contribution is 2.24. The first kappa shape index (κ1) is 19.0. The lowest BCUT2D eigenvalue weighted by Gasteiger charge is -2.10. The van der Waals surface area contributed by atoms with Crippen LogP contribution in [-0.2, 0) is 13.5 Å². The third-order valence-electron chi connectivity index (χ3n) is 4.66. The van der Waals surface area contributed by atoms with Crippen LogP contribution in [-0.4, -0.2) is 22.8 Å². The summed E-state index contributed by atoms with van der Waals surface area (Å²) in [7, 11) is 3.48. The van der Waals surface area contributed by atoms with Crippen molar-refractivity contribution in [3.05, 3.63) is 75.6 Å². The Morgan fingerprint density at radius 1 is 1.19 bits per heavy atom. The summed E-state index contributed by atoms with van der Waals surface area (Å²) in [5.41, 5.74) is 5.71. The molecule has 0 saturated heterocycles. The average Bonchev–Trinajstić information content (AvgIpc) is 2.89. The predicted molar refractivity (Wildman–Crippen MR) is 108 cm³/mol. The van der Waals surface area contributed by atoms with Gasteiger partial charge in [0.15, 0.2) is 0 Å². The van der Waals surface area contributed by atoms with Gasteiger partial charge in [-0.3, -0.25) is 9.48 Å². The Kier molecular flexibility index (Phi) is 5.51. The van der Waals surface area contributed by atoms with Gasteiger partial charge in [0.25, 0.3) is 5.91 Å². The number of benzene rings is 2. The van der Waals surface area contributed by atoms with Crippen LogP contribution >= 0.6 is 11.6 Å². The molecule has 1 heterocycles. The Hall–Kier alpha value is -2.79. The molecule has 1 N–H and O–H groups in total. The van der Waals surface area contributed by atoms with E-state index in [2.05, 4.69) is 17.3 Å². The first-order chi connectivity index (χ1) is 12.9. The summed E-state index contributed by atoms with van der Waals surface area (Å²) in [6.07, 6.45) is 0.807. The summed E-state index contributed by atoms with van der Waals surface area (Å²) in [4.78, 5) is 12.6. The molecule has 0 radical (unpaired) electrons. The summed E-state index contributed by atoms with van der Waals surface area (Å²) in [5.74, 6) is 0.220. The number of amides is 1. The zero-order valence-corrected chi connectivity index (χ0v) is 16.6. The van der Waals surface area contributed by atoms with Crippen molar-refractivity contribution >= 4 is 23.2 Å². The zero-order valence-electron chi connectivity index (χ0n) is 15.8. The van der Waals surface area contributed by atoms with Crippen LogP contribution in [0.15, 0.2) is 42.5 Å². The molecule has 0 aliphatic heterocycles. The van der Waals surface area contributed by atoms with E-state index in [4.69, 9.17) is 16.3 Å². The molecule has 0 unspecified atom stereocenters. The molecule has 5 nitrogen and oxygen atoms in total. The largest absolute Gasteiger partial charge is 0.496 e. The normalized spacial score (nSPS) is 10.7. The van der Waals surface area contributed by atoms with Gasteiger partial charge in [-0.25, -0.2) is 0 Å². The molecule has 0 aliphatic rings. The number of ether oxygens (including phenoxy) is 1. The number of aryl methyl sites for hydroxylation is 2. The number of aromatic nitrogens is 2. The summed E-state index contributed by atoms with van der Waals surface area (Å²) in [6.45, 7) is 4.09. The zero-order chi connectivity index (χ0) is 19.6. The number of hydrogen-bond donors (Lipinski definition) is 1. The van der Waals surface area contributed by atoms with Crippen molar-refractivity contribution in [1.29, 1.82) is 0 Å². The summed E-state index contributed by atoms with van der Waals surface area (Å²) < 4.78 is 7.14. The van der Waals surface area contributed by atoms with Gasteiger partial charge in [0.2, 0.25) is 0 Å². The van der Waals surface area contributed by atoms with Gasteiger partial charge in [0.1, 0.15) is 5.75 Å². The van der Waals surface area contributed by atoms with Crippen molar-refractivity contribution < 1.29 is 9.53 Å². The maximum absolute atomic E-state index is 12.6. The molecule has 0 bridgehead atoms. The topological polar surface area (TPSA) is 56.1 Å². The van der Waals surface area contributed by atoms with E-state index < -0.39 is 0 Å². The number of nitrogens with one attached hydrogen (secondary N) is 1. The van der Waals surface area contributed by atoms with Crippen LogP contribution in [0.1, 0.15) is 32.9 Å². The predicted octanol–water partition coefficient (Wildman–Crippen LogP) is 4.54. The van der Waals surface area contributed by atoms with E-state index in [1.165, 1.54) is 12.7 Å². The maximum atomic E-state index is 12.6. The summed E-state index contributed by atoms with van der Waals surface area (Å²) in [5, 5.41) is 7.83. The van der Waals surface area contributed by atoms with Crippen LogP contribution in [0.2, 0.25) is 5.02 Å². The van der Waals surface area contributed by atoms with Crippen molar-refractivity contribution in [1.82, 2.24) is 9.78 Å². The first-order valence-electron chi connectivity index (χ1n) is 8.62. The van der Waals surface area contributed by atoms with Gasteiger partial charge in [-0.1, -0.05) is 23.7 Å². The van der Waals surface area contributed by atoms with Crippen LogP contribution in [0.3, 0.4) is 0 Å². The Morgan fingerprint density at radius 3 is 2.48 bits per heavy atom. The van der Waals surface area contributed by atoms with E-state index in [0.29, 0.717) is 22.0 Å². The van der Waals surface area contributed by atoms with E-state index in [-0.39, 0.29) is 5.91 Å². The van der Waals surface area contributed by atoms with E-state index in [1.54, 1.807) is 18.2 Å². The summed E-state index contributed by atoms with van der Waals surface area (Å²) in [6, 6.07) is 12.8. The number of halogens is 1. The molecule has 3 rings (SSSR count). The number of methoxy groups -OCH3 is 1. The maximum Gasteiger partial charge on any atom is 0.259 e. The molecule has 0 aliphatic carbocycles. The molecule has 27 heavy (non-hydrogen) atoms. The number of anilines is 1. The van der Waals surface area contributed by atoms with E-state index in [9.17, 15) is 4.79 Å². The molecule has 1 amide bonds. The number of hydrogen-bond acceptors (Lipinski definition) is 3. The van der Waals surface area contributed by atoms with Crippen molar-refractivity contribution in [3.8, 4) is 5.75 Å². The van der Waals surface area contributed by atoms with Crippen molar-refractivity contribution in [3.63, 3.8) is 0 Å². The Labute approximate surface area is 163 Å². The quantitative estimate of drug-likeness (QED) is 0.703. The minimum atomic E-state index is -0.263. The molecule has 140 valence electrons. The molecular formula is C21H22ClN3O2. The van der Waals surface area contributed by atoms with Crippen LogP contribution in [0, 0.1) is 13.8 Å². The fourth-order valence-electron chi connectivity index (χ4n) is 3.04. The van der Waals surface area contributed by atoms with Crippen LogP contribution in [0.25, 0.3) is 0 Å². The molecule has 3 aromatic rings. The van der Waals surface area contributed by atoms with E-state index >= 15 is 0 Å².